The third-order valence-electron chi connectivity index (χ3n) is 5.14. The molecule has 168 valence electrons. The fourth-order valence-corrected chi connectivity index (χ4v) is 3.24. The Morgan fingerprint density at radius 2 is 1.67 bits per heavy atom. The van der Waals surface area contributed by atoms with Gasteiger partial charge in [0.1, 0.15) is 11.6 Å². The molecule has 0 atom stereocenters. The van der Waals surface area contributed by atoms with Gasteiger partial charge < -0.3 is 15.0 Å². The topological polar surface area (TPSA) is 72.3 Å². The minimum atomic E-state index is -0.413. The predicted molar refractivity (Wildman–Crippen MR) is 126 cm³/mol. The number of halogens is 1. The molecule has 3 aromatic carbocycles. The van der Waals surface area contributed by atoms with Crippen molar-refractivity contribution in [3.63, 3.8) is 0 Å². The maximum atomic E-state index is 13.3. The predicted octanol–water partition coefficient (Wildman–Crippen LogP) is 4.46. The van der Waals surface area contributed by atoms with Gasteiger partial charge in [0.2, 0.25) is 5.95 Å². The lowest BCUT2D eigenvalue weighted by molar-refractivity contribution is 0.0947. The quantitative estimate of drug-likeness (QED) is 0.453. The zero-order valence-corrected chi connectivity index (χ0v) is 18.6. The summed E-state index contributed by atoms with van der Waals surface area (Å²) < 4.78 is 19.7. The van der Waals surface area contributed by atoms with Gasteiger partial charge in [-0.25, -0.2) is 4.39 Å². The number of hydrogen-bond acceptors (Lipinski definition) is 6. The van der Waals surface area contributed by atoms with Gasteiger partial charge in [0, 0.05) is 37.5 Å². The van der Waals surface area contributed by atoms with Gasteiger partial charge in [-0.1, -0.05) is 12.1 Å². The Morgan fingerprint density at radius 3 is 2.27 bits per heavy atom. The number of nitrogens with zero attached hydrogens (tertiary/aromatic N) is 4. The van der Waals surface area contributed by atoms with Crippen LogP contribution >= 0.6 is 0 Å². The van der Waals surface area contributed by atoms with Crippen LogP contribution in [0.15, 0.2) is 72.8 Å². The summed E-state index contributed by atoms with van der Waals surface area (Å²) in [7, 11) is 5.56. The summed E-state index contributed by atoms with van der Waals surface area (Å²) in [6.07, 6.45) is 0. The molecule has 0 bridgehead atoms. The van der Waals surface area contributed by atoms with E-state index in [0.717, 1.165) is 16.8 Å². The molecule has 0 aliphatic rings. The number of carbonyl (C=O) groups excluding carboxylic acids is 1. The first-order valence-electron chi connectivity index (χ1n) is 10.4. The van der Waals surface area contributed by atoms with Crippen LogP contribution in [0.1, 0.15) is 15.9 Å². The van der Waals surface area contributed by atoms with E-state index < -0.39 is 11.7 Å². The summed E-state index contributed by atoms with van der Waals surface area (Å²) >= 11 is 0. The van der Waals surface area contributed by atoms with Crippen molar-refractivity contribution in [1.82, 2.24) is 14.8 Å². The van der Waals surface area contributed by atoms with Crippen LogP contribution in [0.2, 0.25) is 0 Å². The zero-order chi connectivity index (χ0) is 23.4. The van der Waals surface area contributed by atoms with E-state index >= 15 is 0 Å². The van der Waals surface area contributed by atoms with E-state index in [4.69, 9.17) is 4.74 Å². The lowest BCUT2D eigenvalue weighted by Crippen LogP contribution is -2.17. The second kappa shape index (κ2) is 9.52. The minimum absolute atomic E-state index is 0.298. The van der Waals surface area contributed by atoms with Crippen molar-refractivity contribution in [2.75, 3.05) is 31.4 Å². The van der Waals surface area contributed by atoms with Crippen LogP contribution in [0.25, 0.3) is 11.4 Å². The van der Waals surface area contributed by atoms with Crippen LogP contribution in [-0.4, -0.2) is 41.9 Å². The van der Waals surface area contributed by atoms with E-state index in [1.165, 1.54) is 28.9 Å². The molecule has 7 nitrogen and oxygen atoms in total. The molecule has 4 rings (SSSR count). The molecule has 0 unspecified atom stereocenters. The number of rotatable bonds is 7. The lowest BCUT2D eigenvalue weighted by atomic mass is 10.2. The Bertz CT molecular complexity index is 1230. The van der Waals surface area contributed by atoms with E-state index in [2.05, 4.69) is 15.4 Å². The largest absolute Gasteiger partial charge is 0.497 e. The number of hydrogen-bond donors (Lipinski definition) is 1. The summed E-state index contributed by atoms with van der Waals surface area (Å²) in [6.45, 7) is 0.450. The summed E-state index contributed by atoms with van der Waals surface area (Å²) in [4.78, 5) is 19.7. The minimum Gasteiger partial charge on any atom is -0.497 e. The second-order valence-electron chi connectivity index (χ2n) is 7.63. The van der Waals surface area contributed by atoms with E-state index in [1.54, 1.807) is 19.2 Å². The van der Waals surface area contributed by atoms with Crippen molar-refractivity contribution < 1.29 is 13.9 Å². The van der Waals surface area contributed by atoms with Gasteiger partial charge in [-0.05, 0) is 66.2 Å². The van der Waals surface area contributed by atoms with Gasteiger partial charge in [0.05, 0.1) is 7.11 Å². The summed E-state index contributed by atoms with van der Waals surface area (Å²) in [5.41, 5.74) is 3.16. The maximum Gasteiger partial charge on any atom is 0.281 e. The molecule has 0 radical (unpaired) electrons. The smallest absolute Gasteiger partial charge is 0.281 e. The highest BCUT2D eigenvalue weighted by atomic mass is 19.1. The van der Waals surface area contributed by atoms with E-state index in [-0.39, 0.29) is 0 Å². The van der Waals surface area contributed by atoms with Crippen molar-refractivity contribution in [1.29, 1.82) is 0 Å². The molecule has 0 spiro atoms. The van der Waals surface area contributed by atoms with E-state index in [0.29, 0.717) is 29.6 Å². The fourth-order valence-electron chi connectivity index (χ4n) is 3.24. The highest BCUT2D eigenvalue weighted by Gasteiger charge is 2.19. The average molecular weight is 445 g/mol. The maximum absolute atomic E-state index is 13.3. The van der Waals surface area contributed by atoms with Gasteiger partial charge in [-0.2, -0.15) is 9.67 Å². The number of methoxy groups -OCH3 is 1. The van der Waals surface area contributed by atoms with Crippen LogP contribution in [0.3, 0.4) is 0 Å². The van der Waals surface area contributed by atoms with Crippen LogP contribution in [0.5, 0.6) is 5.75 Å². The van der Waals surface area contributed by atoms with Crippen molar-refractivity contribution in [3.8, 4) is 17.1 Å². The molecule has 8 heteroatoms. The first kappa shape index (κ1) is 22.0. The molecule has 0 fully saturated rings. The van der Waals surface area contributed by atoms with Gasteiger partial charge in [-0.3, -0.25) is 4.79 Å². The average Bonchev–Trinajstić information content (AvgIpc) is 3.27. The van der Waals surface area contributed by atoms with Gasteiger partial charge >= 0.3 is 0 Å². The molecule has 0 saturated carbocycles. The van der Waals surface area contributed by atoms with Crippen molar-refractivity contribution in [3.05, 3.63) is 89.7 Å². The third-order valence-corrected chi connectivity index (χ3v) is 5.14. The molecule has 0 amide bonds. The SMILES string of the molecule is COc1ccc(-c2nc(NCc3ccc(N(C)C)cc3)n(C(=O)c3ccc(F)cc3)n2)cc1. The standard InChI is InChI=1S/C25H24FN5O2/c1-30(2)21-12-4-17(5-13-21)16-27-25-28-23(18-8-14-22(33-3)15-9-18)29-31(25)24(32)19-6-10-20(26)11-7-19/h4-15H,16H2,1-3H3,(H,27,28,29). The molecular formula is C25H24FN5O2. The van der Waals surface area contributed by atoms with Crippen molar-refractivity contribution in [2.24, 2.45) is 0 Å². The monoisotopic (exact) mass is 445 g/mol. The first-order chi connectivity index (χ1) is 15.9. The Hall–Kier alpha value is -4.20. The Balaban J connectivity index is 1.64. The Morgan fingerprint density at radius 1 is 1.00 bits per heavy atom. The lowest BCUT2D eigenvalue weighted by Gasteiger charge is -2.13. The van der Waals surface area contributed by atoms with E-state index in [9.17, 15) is 9.18 Å². The number of aromatic nitrogens is 3. The van der Waals surface area contributed by atoms with Gasteiger partial charge in [-0.15, -0.1) is 5.10 Å². The summed E-state index contributed by atoms with van der Waals surface area (Å²) in [5.74, 6) is 0.571. The fraction of sp³-hybridized carbons (Fsp3) is 0.160. The number of nitrogens with one attached hydrogen (secondary N) is 1. The molecule has 1 heterocycles. The first-order valence-corrected chi connectivity index (χ1v) is 10.4. The second-order valence-corrected chi connectivity index (χ2v) is 7.63. The highest BCUT2D eigenvalue weighted by Crippen LogP contribution is 2.22. The van der Waals surface area contributed by atoms with Crippen LogP contribution in [-0.2, 0) is 6.54 Å². The van der Waals surface area contributed by atoms with Gasteiger partial charge in [0.25, 0.3) is 5.91 Å². The molecule has 0 aliphatic heterocycles. The summed E-state index contributed by atoms with van der Waals surface area (Å²) in [6, 6.07) is 20.7. The van der Waals surface area contributed by atoms with Gasteiger partial charge in [0.15, 0.2) is 5.82 Å². The summed E-state index contributed by atoms with van der Waals surface area (Å²) in [5, 5.41) is 7.65. The molecule has 33 heavy (non-hydrogen) atoms. The molecule has 0 saturated heterocycles. The van der Waals surface area contributed by atoms with E-state index in [1.807, 2.05) is 55.4 Å². The Labute approximate surface area is 191 Å². The van der Waals surface area contributed by atoms with Crippen molar-refractivity contribution in [2.45, 2.75) is 6.54 Å². The number of carbonyl (C=O) groups is 1. The zero-order valence-electron chi connectivity index (χ0n) is 18.6. The highest BCUT2D eigenvalue weighted by molar-refractivity contribution is 5.97. The number of benzene rings is 3. The third kappa shape index (κ3) is 5.01. The molecule has 0 aliphatic carbocycles. The molecule has 4 aromatic rings. The number of anilines is 2. The van der Waals surface area contributed by atoms with Crippen LogP contribution < -0.4 is 15.0 Å². The molecule has 1 aromatic heterocycles. The van der Waals surface area contributed by atoms with Crippen molar-refractivity contribution >= 4 is 17.5 Å². The molecule has 1 N–H and O–H groups in total. The molecular weight excluding hydrogens is 421 g/mol. The number of ether oxygens (including phenoxy) is 1. The van der Waals surface area contributed by atoms with Crippen LogP contribution in [0, 0.1) is 5.82 Å². The Kier molecular flexibility index (Phi) is 6.35. The normalized spacial score (nSPS) is 10.7. The van der Waals surface area contributed by atoms with Crippen LogP contribution in [0.4, 0.5) is 16.0 Å².